The minimum Gasteiger partial charge on any atom is -0.356 e. The van der Waals surface area contributed by atoms with E-state index in [1.54, 1.807) is 0 Å². The van der Waals surface area contributed by atoms with E-state index in [9.17, 15) is 10.1 Å². The second kappa shape index (κ2) is 7.88. The lowest BCUT2D eigenvalue weighted by Gasteiger charge is -2.11. The number of hydrogen-bond acceptors (Lipinski definition) is 6. The fourth-order valence-electron chi connectivity index (χ4n) is 3.86. The molecule has 3 aromatic heterocycles. The molecule has 0 atom stereocenters. The van der Waals surface area contributed by atoms with Crippen LogP contribution < -0.4 is 5.32 Å². The van der Waals surface area contributed by atoms with Gasteiger partial charge in [-0.2, -0.15) is 15.0 Å². The summed E-state index contributed by atoms with van der Waals surface area (Å²) in [4.78, 5) is 17.6. The average Bonchev–Trinajstić information content (AvgIpc) is 3.38. The van der Waals surface area contributed by atoms with Gasteiger partial charge in [0.25, 0.3) is 0 Å². The van der Waals surface area contributed by atoms with Gasteiger partial charge in [-0.25, -0.2) is 4.98 Å². The molecule has 1 amide bonds. The maximum atomic E-state index is 12.9. The van der Waals surface area contributed by atoms with E-state index in [1.807, 2.05) is 63.2 Å². The molecule has 0 fully saturated rings. The van der Waals surface area contributed by atoms with E-state index < -0.39 is 0 Å². The van der Waals surface area contributed by atoms with Crippen LogP contribution in [0.4, 0.5) is 5.82 Å². The number of nitrogens with one attached hydrogen (secondary N) is 1. The van der Waals surface area contributed by atoms with Crippen LogP contribution in [-0.4, -0.2) is 25.8 Å². The van der Waals surface area contributed by atoms with Gasteiger partial charge in [0, 0.05) is 10.8 Å². The van der Waals surface area contributed by atoms with Crippen LogP contribution >= 0.6 is 0 Å². The number of pyridine rings is 1. The number of para-hydroxylation sites is 1. The molecule has 0 aliphatic heterocycles. The van der Waals surface area contributed by atoms with Gasteiger partial charge in [0.2, 0.25) is 5.91 Å². The van der Waals surface area contributed by atoms with Gasteiger partial charge in [0.05, 0.1) is 18.1 Å². The van der Waals surface area contributed by atoms with Crippen LogP contribution in [-0.2, 0) is 11.2 Å². The average molecular weight is 436 g/mol. The van der Waals surface area contributed by atoms with E-state index in [-0.39, 0.29) is 23.7 Å². The summed E-state index contributed by atoms with van der Waals surface area (Å²) in [5.41, 5.74) is 5.42. The number of aryl methyl sites for hydroxylation is 3. The van der Waals surface area contributed by atoms with Crippen molar-refractivity contribution in [2.24, 2.45) is 0 Å². The van der Waals surface area contributed by atoms with Gasteiger partial charge in [0.1, 0.15) is 17.3 Å². The van der Waals surface area contributed by atoms with Gasteiger partial charge >= 0.3 is 0 Å². The Labute approximate surface area is 189 Å². The lowest BCUT2D eigenvalue weighted by Crippen LogP contribution is -2.18. The van der Waals surface area contributed by atoms with Crippen LogP contribution in [0.25, 0.3) is 27.7 Å². The van der Waals surface area contributed by atoms with Crippen molar-refractivity contribution in [2.45, 2.75) is 27.2 Å². The van der Waals surface area contributed by atoms with Crippen molar-refractivity contribution in [3.63, 3.8) is 0 Å². The molecule has 162 valence electrons. The highest BCUT2D eigenvalue weighted by atomic mass is 16.5. The van der Waals surface area contributed by atoms with Gasteiger partial charge in [0.15, 0.2) is 17.2 Å². The number of fused-ring (bicyclic) bond motifs is 2. The van der Waals surface area contributed by atoms with Crippen molar-refractivity contribution in [3.05, 3.63) is 76.6 Å². The molecule has 0 radical (unpaired) electrons. The molecular formula is C25H20N6O2. The minimum atomic E-state index is -0.334. The molecular weight excluding hydrogens is 416 g/mol. The van der Waals surface area contributed by atoms with Crippen molar-refractivity contribution >= 4 is 33.6 Å². The van der Waals surface area contributed by atoms with Crippen molar-refractivity contribution < 1.29 is 9.32 Å². The summed E-state index contributed by atoms with van der Waals surface area (Å²) < 4.78 is 6.88. The van der Waals surface area contributed by atoms with E-state index in [2.05, 4.69) is 26.6 Å². The number of rotatable bonds is 4. The molecule has 8 heteroatoms. The number of aromatic nitrogens is 4. The first kappa shape index (κ1) is 20.4. The molecule has 0 spiro atoms. The van der Waals surface area contributed by atoms with E-state index in [4.69, 9.17) is 4.52 Å². The molecule has 0 aliphatic carbocycles. The first-order chi connectivity index (χ1) is 15.9. The number of carbonyl (C=O) groups excluding carboxylic acids is 1. The Morgan fingerprint density at radius 3 is 2.70 bits per heavy atom. The minimum absolute atomic E-state index is 0.00424. The second-order valence-corrected chi connectivity index (χ2v) is 8.03. The molecule has 0 aliphatic rings. The molecule has 0 bridgehead atoms. The number of nitrogens with zero attached hydrogens (tertiary/aromatic N) is 5. The van der Waals surface area contributed by atoms with E-state index in [0.29, 0.717) is 17.1 Å². The summed E-state index contributed by atoms with van der Waals surface area (Å²) in [6, 6.07) is 15.6. The van der Waals surface area contributed by atoms with Crippen molar-refractivity contribution in [1.29, 1.82) is 5.26 Å². The number of nitriles is 1. The zero-order valence-electron chi connectivity index (χ0n) is 18.4. The molecule has 33 heavy (non-hydrogen) atoms. The number of carbonyl (C=O) groups is 1. The number of anilines is 1. The molecule has 0 unspecified atom stereocenters. The Balaban J connectivity index is 1.49. The Morgan fingerprint density at radius 2 is 1.88 bits per heavy atom. The number of amides is 1. The van der Waals surface area contributed by atoms with Gasteiger partial charge in [-0.05, 0) is 61.7 Å². The monoisotopic (exact) mass is 436 g/mol. The molecule has 0 saturated carbocycles. The predicted octanol–water partition coefficient (Wildman–Crippen LogP) is 4.54. The van der Waals surface area contributed by atoms with E-state index >= 15 is 0 Å². The third-order valence-corrected chi connectivity index (χ3v) is 5.76. The second-order valence-electron chi connectivity index (χ2n) is 8.03. The van der Waals surface area contributed by atoms with Crippen LogP contribution in [0, 0.1) is 32.1 Å². The molecule has 5 rings (SSSR count). The Hall–Kier alpha value is -4.51. The molecule has 1 N–H and O–H groups in total. The first-order valence-corrected chi connectivity index (χ1v) is 10.4. The van der Waals surface area contributed by atoms with Crippen molar-refractivity contribution in [1.82, 2.24) is 19.9 Å². The smallest absolute Gasteiger partial charge is 0.231 e. The molecule has 0 saturated heterocycles. The van der Waals surface area contributed by atoms with Crippen LogP contribution in [0.3, 0.4) is 0 Å². The SMILES string of the molecule is Cc1cc2onc(CC(=O)Nc3c(C#N)cnn3-c3cc(C)c4ccccc4n3)c2cc1C. The summed E-state index contributed by atoms with van der Waals surface area (Å²) in [6.45, 7) is 5.98. The van der Waals surface area contributed by atoms with Gasteiger partial charge in [-0.15, -0.1) is 0 Å². The molecule has 3 heterocycles. The van der Waals surface area contributed by atoms with Crippen molar-refractivity contribution in [2.75, 3.05) is 5.32 Å². The first-order valence-electron chi connectivity index (χ1n) is 10.4. The third kappa shape index (κ3) is 3.59. The van der Waals surface area contributed by atoms with Gasteiger partial charge in [-0.3, -0.25) is 4.79 Å². The number of hydrogen-bond donors (Lipinski definition) is 1. The highest BCUT2D eigenvalue weighted by Gasteiger charge is 2.19. The Bertz CT molecular complexity index is 1590. The fourth-order valence-corrected chi connectivity index (χ4v) is 3.86. The largest absolute Gasteiger partial charge is 0.356 e. The summed E-state index contributed by atoms with van der Waals surface area (Å²) in [5, 5.41) is 22.6. The Morgan fingerprint density at radius 1 is 1.09 bits per heavy atom. The van der Waals surface area contributed by atoms with Gasteiger partial charge < -0.3 is 9.84 Å². The van der Waals surface area contributed by atoms with Crippen LogP contribution in [0.5, 0.6) is 0 Å². The number of benzene rings is 2. The van der Waals surface area contributed by atoms with E-state index in [1.165, 1.54) is 10.9 Å². The molecule has 2 aromatic carbocycles. The maximum absolute atomic E-state index is 12.9. The molecule has 5 aromatic rings. The van der Waals surface area contributed by atoms with Crippen LogP contribution in [0.1, 0.15) is 27.9 Å². The predicted molar refractivity (Wildman–Crippen MR) is 124 cm³/mol. The fraction of sp³-hybridized carbons (Fsp3) is 0.160. The topological polar surface area (TPSA) is 110 Å². The summed E-state index contributed by atoms with van der Waals surface area (Å²) in [6.07, 6.45) is 1.41. The third-order valence-electron chi connectivity index (χ3n) is 5.76. The summed E-state index contributed by atoms with van der Waals surface area (Å²) >= 11 is 0. The highest BCUT2D eigenvalue weighted by molar-refractivity contribution is 5.95. The quantitative estimate of drug-likeness (QED) is 0.443. The zero-order valence-corrected chi connectivity index (χ0v) is 18.4. The van der Waals surface area contributed by atoms with Gasteiger partial charge in [-0.1, -0.05) is 23.4 Å². The highest BCUT2D eigenvalue weighted by Crippen LogP contribution is 2.25. The van der Waals surface area contributed by atoms with Crippen LogP contribution in [0.15, 0.2) is 53.2 Å². The van der Waals surface area contributed by atoms with Crippen molar-refractivity contribution in [3.8, 4) is 11.9 Å². The summed E-state index contributed by atoms with van der Waals surface area (Å²) in [7, 11) is 0. The zero-order chi connectivity index (χ0) is 23.1. The standard InChI is InChI=1S/C25H20N6O2/c1-14-8-19-21(30-33-22(19)9-15(14)2)11-24(32)29-25-17(12-26)13-27-31(25)23-10-16(3)18-6-4-5-7-20(18)28-23/h4-10,13H,11H2,1-3H3,(H,29,32). The van der Waals surface area contributed by atoms with E-state index in [0.717, 1.165) is 33.0 Å². The Kier molecular flexibility index (Phi) is 4.87. The summed E-state index contributed by atoms with van der Waals surface area (Å²) in [5.74, 6) is 0.449. The maximum Gasteiger partial charge on any atom is 0.231 e. The normalized spacial score (nSPS) is 11.1. The molecule has 8 nitrogen and oxygen atoms in total. The lowest BCUT2D eigenvalue weighted by molar-refractivity contribution is -0.115. The lowest BCUT2D eigenvalue weighted by atomic mass is 10.1. The van der Waals surface area contributed by atoms with Crippen LogP contribution in [0.2, 0.25) is 0 Å².